The molecular weight excluding hydrogens is 280 g/mol. The topological polar surface area (TPSA) is 49.9 Å². The number of amides is 1. The first-order valence-electron chi connectivity index (χ1n) is 7.62. The number of rotatable bonds is 4. The summed E-state index contributed by atoms with van der Waals surface area (Å²) in [6, 6.07) is 7.51. The van der Waals surface area contributed by atoms with Gasteiger partial charge >= 0.3 is 5.97 Å². The van der Waals surface area contributed by atoms with Gasteiger partial charge in [0.2, 0.25) is 5.91 Å². The molecule has 0 unspecified atom stereocenters. The number of hydrogen-bond acceptors (Lipinski definition) is 4. The van der Waals surface area contributed by atoms with Crippen molar-refractivity contribution in [3.8, 4) is 0 Å². The summed E-state index contributed by atoms with van der Waals surface area (Å²) in [5.74, 6) is 0.0876. The highest BCUT2D eigenvalue weighted by Gasteiger charge is 2.25. The number of hydrogen-bond donors (Lipinski definition) is 0. The van der Waals surface area contributed by atoms with Crippen LogP contribution in [0.3, 0.4) is 0 Å². The van der Waals surface area contributed by atoms with Gasteiger partial charge in [-0.1, -0.05) is 12.1 Å². The van der Waals surface area contributed by atoms with E-state index in [1.165, 1.54) is 12.7 Å². The van der Waals surface area contributed by atoms with Crippen molar-refractivity contribution in [2.45, 2.75) is 19.4 Å². The highest BCUT2D eigenvalue weighted by molar-refractivity contribution is 5.89. The van der Waals surface area contributed by atoms with Crippen LogP contribution in [0.25, 0.3) is 0 Å². The highest BCUT2D eigenvalue weighted by Crippen LogP contribution is 2.20. The van der Waals surface area contributed by atoms with Crippen molar-refractivity contribution in [3.63, 3.8) is 0 Å². The van der Waals surface area contributed by atoms with Gasteiger partial charge in [-0.3, -0.25) is 9.69 Å². The quantitative estimate of drug-likeness (QED) is 0.796. The summed E-state index contributed by atoms with van der Waals surface area (Å²) in [4.78, 5) is 27.4. The average Bonchev–Trinajstić information content (AvgIpc) is 2.54. The van der Waals surface area contributed by atoms with Crippen LogP contribution in [0, 0.1) is 5.92 Å². The molecule has 0 spiro atoms. The van der Waals surface area contributed by atoms with E-state index in [2.05, 4.69) is 4.90 Å². The molecule has 1 aliphatic rings. The van der Waals surface area contributed by atoms with Crippen LogP contribution in [0.5, 0.6) is 0 Å². The van der Waals surface area contributed by atoms with Crippen LogP contribution < -0.4 is 0 Å². The first kappa shape index (κ1) is 16.5. The van der Waals surface area contributed by atoms with E-state index < -0.39 is 0 Å². The summed E-state index contributed by atoms with van der Waals surface area (Å²) in [6.45, 7) is 2.72. The Bertz CT molecular complexity index is 517. The van der Waals surface area contributed by atoms with E-state index in [9.17, 15) is 9.59 Å². The van der Waals surface area contributed by atoms with E-state index in [1.54, 1.807) is 17.0 Å². The maximum Gasteiger partial charge on any atom is 0.337 e. The molecule has 0 radical (unpaired) electrons. The molecule has 1 aromatic rings. The van der Waals surface area contributed by atoms with Crippen LogP contribution in [0.1, 0.15) is 28.8 Å². The Morgan fingerprint density at radius 3 is 2.27 bits per heavy atom. The zero-order chi connectivity index (χ0) is 16.1. The van der Waals surface area contributed by atoms with Crippen LogP contribution in [-0.4, -0.2) is 56.0 Å². The van der Waals surface area contributed by atoms with Crippen LogP contribution in [0.2, 0.25) is 0 Å². The number of benzene rings is 1. The van der Waals surface area contributed by atoms with Crippen LogP contribution in [0.15, 0.2) is 24.3 Å². The summed E-state index contributed by atoms with van der Waals surface area (Å²) >= 11 is 0. The summed E-state index contributed by atoms with van der Waals surface area (Å²) in [5, 5.41) is 0. The fourth-order valence-corrected chi connectivity index (χ4v) is 2.83. The first-order chi connectivity index (χ1) is 10.5. The number of nitrogens with zero attached hydrogens (tertiary/aromatic N) is 2. The van der Waals surface area contributed by atoms with Crippen molar-refractivity contribution in [1.82, 2.24) is 9.80 Å². The van der Waals surface area contributed by atoms with E-state index >= 15 is 0 Å². The zero-order valence-corrected chi connectivity index (χ0v) is 13.5. The second-order valence-corrected chi connectivity index (χ2v) is 5.97. The number of carbonyl (C=O) groups is 2. The molecule has 0 N–H and O–H groups in total. The van der Waals surface area contributed by atoms with Crippen molar-refractivity contribution in [3.05, 3.63) is 35.4 Å². The molecule has 5 nitrogen and oxygen atoms in total. The minimum Gasteiger partial charge on any atom is -0.465 e. The highest BCUT2D eigenvalue weighted by atomic mass is 16.5. The van der Waals surface area contributed by atoms with Gasteiger partial charge in [-0.05, 0) is 43.6 Å². The lowest BCUT2D eigenvalue weighted by molar-refractivity contribution is -0.134. The molecule has 0 aliphatic carbocycles. The third-order valence-electron chi connectivity index (χ3n) is 4.16. The fraction of sp³-hybridized carbons (Fsp3) is 0.529. The van der Waals surface area contributed by atoms with Gasteiger partial charge < -0.3 is 9.64 Å². The second-order valence-electron chi connectivity index (χ2n) is 5.97. The van der Waals surface area contributed by atoms with Gasteiger partial charge in [0.05, 0.1) is 12.7 Å². The molecule has 1 saturated heterocycles. The summed E-state index contributed by atoms with van der Waals surface area (Å²) in [7, 11) is 5.02. The van der Waals surface area contributed by atoms with Crippen molar-refractivity contribution < 1.29 is 14.3 Å². The lowest BCUT2D eigenvalue weighted by Crippen LogP contribution is -2.39. The maximum atomic E-state index is 12.0. The molecule has 0 aromatic heterocycles. The molecule has 1 fully saturated rings. The lowest BCUT2D eigenvalue weighted by Gasteiger charge is -2.32. The predicted octanol–water partition coefficient (Wildman–Crippen LogP) is 1.77. The average molecular weight is 304 g/mol. The number of piperidine rings is 1. The SMILES string of the molecule is COC(=O)c1ccc(CN2CCC(C(=O)N(C)C)CC2)cc1. The van der Waals surface area contributed by atoms with Crippen molar-refractivity contribution in [2.75, 3.05) is 34.3 Å². The van der Waals surface area contributed by atoms with E-state index in [4.69, 9.17) is 4.74 Å². The Balaban J connectivity index is 1.86. The summed E-state index contributed by atoms with van der Waals surface area (Å²) in [6.07, 6.45) is 1.83. The van der Waals surface area contributed by atoms with Gasteiger partial charge in [0.1, 0.15) is 0 Å². The predicted molar refractivity (Wildman–Crippen MR) is 84.5 cm³/mol. The van der Waals surface area contributed by atoms with Crippen LogP contribution in [-0.2, 0) is 16.1 Å². The molecule has 0 atom stereocenters. The molecule has 2 rings (SSSR count). The number of esters is 1. The molecule has 1 amide bonds. The van der Waals surface area contributed by atoms with Gasteiger partial charge in [-0.2, -0.15) is 0 Å². The van der Waals surface area contributed by atoms with Gasteiger partial charge in [0.15, 0.2) is 0 Å². The Morgan fingerprint density at radius 2 is 1.77 bits per heavy atom. The Hall–Kier alpha value is -1.88. The molecule has 0 bridgehead atoms. The molecule has 1 heterocycles. The largest absolute Gasteiger partial charge is 0.465 e. The Labute approximate surface area is 131 Å². The van der Waals surface area contributed by atoms with E-state index in [1.807, 2.05) is 26.2 Å². The standard InChI is InChI=1S/C17H24N2O3/c1-18(2)16(20)14-8-10-19(11-9-14)12-13-4-6-15(7-5-13)17(21)22-3/h4-7,14H,8-12H2,1-3H3. The Morgan fingerprint density at radius 1 is 1.18 bits per heavy atom. The normalized spacial score (nSPS) is 16.3. The molecule has 0 saturated carbocycles. The third-order valence-corrected chi connectivity index (χ3v) is 4.16. The first-order valence-corrected chi connectivity index (χ1v) is 7.62. The van der Waals surface area contributed by atoms with E-state index in [-0.39, 0.29) is 17.8 Å². The van der Waals surface area contributed by atoms with Crippen molar-refractivity contribution in [1.29, 1.82) is 0 Å². The van der Waals surface area contributed by atoms with Crippen LogP contribution >= 0.6 is 0 Å². The van der Waals surface area contributed by atoms with Gasteiger partial charge in [-0.25, -0.2) is 4.79 Å². The smallest absolute Gasteiger partial charge is 0.337 e. The number of ether oxygens (including phenoxy) is 1. The van der Waals surface area contributed by atoms with Crippen molar-refractivity contribution >= 4 is 11.9 Å². The summed E-state index contributed by atoms with van der Waals surface area (Å²) < 4.78 is 4.69. The molecule has 22 heavy (non-hydrogen) atoms. The minimum atomic E-state index is -0.311. The van der Waals surface area contributed by atoms with E-state index in [0.29, 0.717) is 5.56 Å². The molecule has 1 aliphatic heterocycles. The monoisotopic (exact) mass is 304 g/mol. The number of methoxy groups -OCH3 is 1. The Kier molecular flexibility index (Phi) is 5.55. The fourth-order valence-electron chi connectivity index (χ4n) is 2.83. The molecule has 120 valence electrons. The number of likely N-dealkylation sites (tertiary alicyclic amines) is 1. The van der Waals surface area contributed by atoms with Gasteiger partial charge in [-0.15, -0.1) is 0 Å². The summed E-state index contributed by atoms with van der Waals surface area (Å²) in [5.41, 5.74) is 1.74. The second kappa shape index (κ2) is 7.40. The number of carbonyl (C=O) groups excluding carboxylic acids is 2. The van der Waals surface area contributed by atoms with Crippen LogP contribution in [0.4, 0.5) is 0 Å². The van der Waals surface area contributed by atoms with Gasteiger partial charge in [0.25, 0.3) is 0 Å². The molecule has 1 aromatic carbocycles. The maximum absolute atomic E-state index is 12.0. The minimum absolute atomic E-state index is 0.160. The third kappa shape index (κ3) is 4.07. The molecular formula is C17H24N2O3. The molecule has 5 heteroatoms. The zero-order valence-electron chi connectivity index (χ0n) is 13.5. The van der Waals surface area contributed by atoms with E-state index in [0.717, 1.165) is 32.5 Å². The lowest BCUT2D eigenvalue weighted by atomic mass is 9.95. The van der Waals surface area contributed by atoms with Crippen molar-refractivity contribution in [2.24, 2.45) is 5.92 Å². The van der Waals surface area contributed by atoms with Gasteiger partial charge in [0, 0.05) is 26.6 Å².